The lowest BCUT2D eigenvalue weighted by Gasteiger charge is -2.07. The molecule has 1 heterocycles. The number of nitrogens with zero attached hydrogens (tertiary/aromatic N) is 2. The van der Waals surface area contributed by atoms with Gasteiger partial charge in [-0.2, -0.15) is 4.98 Å². The molecule has 0 saturated heterocycles. The van der Waals surface area contributed by atoms with E-state index in [0.717, 1.165) is 6.07 Å². The zero-order chi connectivity index (χ0) is 14.2. The summed E-state index contributed by atoms with van der Waals surface area (Å²) in [6.07, 6.45) is 0. The molecule has 1 aromatic heterocycles. The monoisotopic (exact) mass is 350 g/mol. The Morgan fingerprint density at radius 3 is 2.74 bits per heavy atom. The molecule has 0 aliphatic carbocycles. The normalized spacial score (nSPS) is 11.5. The molecule has 0 radical (unpaired) electrons. The summed E-state index contributed by atoms with van der Waals surface area (Å²) >= 11 is 2.88. The van der Waals surface area contributed by atoms with Crippen molar-refractivity contribution in [3.63, 3.8) is 0 Å². The fraction of sp³-hybridized carbons (Fsp3) is 0.111. The molecule has 10 heteroatoms. The second-order valence-electron chi connectivity index (χ2n) is 3.57. The summed E-state index contributed by atoms with van der Waals surface area (Å²) in [4.78, 5) is 3.05. The number of nitrogen functional groups attached to an aromatic ring is 1. The van der Waals surface area contributed by atoms with Gasteiger partial charge in [0.1, 0.15) is 4.90 Å². The minimum atomic E-state index is -4.21. The first-order chi connectivity index (χ1) is 8.79. The van der Waals surface area contributed by atoms with Gasteiger partial charge in [0, 0.05) is 5.69 Å². The van der Waals surface area contributed by atoms with Crippen molar-refractivity contribution in [2.75, 3.05) is 10.5 Å². The number of hydrogen-bond acceptors (Lipinski definition) is 6. The largest absolute Gasteiger partial charge is 0.399 e. The van der Waals surface area contributed by atoms with Crippen molar-refractivity contribution in [1.29, 1.82) is 0 Å². The van der Waals surface area contributed by atoms with Gasteiger partial charge in [-0.25, -0.2) is 17.5 Å². The minimum Gasteiger partial charge on any atom is -0.399 e. The number of nitrogens with one attached hydrogen (secondary N) is 1. The number of halogens is 2. The molecule has 102 valence electrons. The van der Waals surface area contributed by atoms with Crippen molar-refractivity contribution in [2.24, 2.45) is 0 Å². The molecule has 19 heavy (non-hydrogen) atoms. The van der Waals surface area contributed by atoms with E-state index in [4.69, 9.17) is 5.73 Å². The van der Waals surface area contributed by atoms with Gasteiger partial charge in [0.05, 0.1) is 4.47 Å². The maximum Gasteiger partial charge on any atom is 0.335 e. The third-order valence-corrected chi connectivity index (χ3v) is 3.95. The van der Waals surface area contributed by atoms with Gasteiger partial charge in [-0.1, -0.05) is 5.16 Å². The average Bonchev–Trinajstić information content (AvgIpc) is 2.68. The summed E-state index contributed by atoms with van der Waals surface area (Å²) in [5.41, 5.74) is 5.58. The summed E-state index contributed by atoms with van der Waals surface area (Å²) in [7, 11) is -4.21. The van der Waals surface area contributed by atoms with Crippen LogP contribution in [0.1, 0.15) is 5.82 Å². The molecule has 0 bridgehead atoms. The van der Waals surface area contributed by atoms with Crippen LogP contribution in [0.4, 0.5) is 16.1 Å². The molecule has 0 unspecified atom stereocenters. The molecule has 0 amide bonds. The van der Waals surface area contributed by atoms with Gasteiger partial charge in [0.2, 0.25) is 0 Å². The van der Waals surface area contributed by atoms with Gasteiger partial charge in [-0.3, -0.25) is 0 Å². The van der Waals surface area contributed by atoms with Gasteiger partial charge >= 0.3 is 6.01 Å². The smallest absolute Gasteiger partial charge is 0.335 e. The molecule has 0 aliphatic rings. The summed E-state index contributed by atoms with van der Waals surface area (Å²) < 4.78 is 44.3. The zero-order valence-corrected chi connectivity index (χ0v) is 11.9. The molecular weight excluding hydrogens is 343 g/mol. The van der Waals surface area contributed by atoms with Crippen molar-refractivity contribution in [3.05, 3.63) is 28.2 Å². The fourth-order valence-electron chi connectivity index (χ4n) is 1.29. The Bertz CT molecular complexity index is 731. The van der Waals surface area contributed by atoms with Crippen molar-refractivity contribution < 1.29 is 17.3 Å². The van der Waals surface area contributed by atoms with Crippen molar-refractivity contribution in [1.82, 2.24) is 10.1 Å². The van der Waals surface area contributed by atoms with Crippen LogP contribution in [0.2, 0.25) is 0 Å². The van der Waals surface area contributed by atoms with Crippen LogP contribution in [0.15, 0.2) is 26.0 Å². The maximum absolute atomic E-state index is 13.8. The van der Waals surface area contributed by atoms with E-state index in [1.165, 1.54) is 13.0 Å². The van der Waals surface area contributed by atoms with E-state index in [2.05, 4.69) is 30.6 Å². The molecule has 7 nitrogen and oxygen atoms in total. The fourth-order valence-corrected chi connectivity index (χ4v) is 2.96. The Hall–Kier alpha value is -1.68. The van der Waals surface area contributed by atoms with E-state index >= 15 is 0 Å². The summed E-state index contributed by atoms with van der Waals surface area (Å²) in [6, 6.07) is 1.90. The zero-order valence-electron chi connectivity index (χ0n) is 9.52. The molecule has 2 aromatic rings. The van der Waals surface area contributed by atoms with E-state index in [9.17, 15) is 12.8 Å². The van der Waals surface area contributed by atoms with E-state index in [1.807, 2.05) is 4.72 Å². The Kier molecular flexibility index (Phi) is 3.45. The van der Waals surface area contributed by atoms with Crippen LogP contribution in [0.25, 0.3) is 0 Å². The predicted octanol–water partition coefficient (Wildman–Crippen LogP) is 1.66. The quantitative estimate of drug-likeness (QED) is 0.814. The Morgan fingerprint density at radius 2 is 2.16 bits per heavy atom. The number of rotatable bonds is 3. The SMILES string of the molecule is Cc1noc(NS(=O)(=O)c2cc(N)cc(Br)c2F)n1. The number of sulfonamides is 1. The lowest BCUT2D eigenvalue weighted by atomic mass is 10.3. The average molecular weight is 351 g/mol. The van der Waals surface area contributed by atoms with Gasteiger partial charge in [0.25, 0.3) is 10.0 Å². The van der Waals surface area contributed by atoms with Crippen LogP contribution in [0.3, 0.4) is 0 Å². The third-order valence-electron chi connectivity index (χ3n) is 2.06. The molecule has 2 rings (SSSR count). The Balaban J connectivity index is 2.45. The molecule has 0 saturated carbocycles. The van der Waals surface area contributed by atoms with Crippen LogP contribution in [0, 0.1) is 12.7 Å². The summed E-state index contributed by atoms with van der Waals surface area (Å²) in [6.45, 7) is 1.51. The van der Waals surface area contributed by atoms with Crippen LogP contribution in [-0.2, 0) is 10.0 Å². The lowest BCUT2D eigenvalue weighted by Crippen LogP contribution is -2.15. The highest BCUT2D eigenvalue weighted by molar-refractivity contribution is 9.10. The van der Waals surface area contributed by atoms with E-state index < -0.39 is 20.7 Å². The first-order valence-corrected chi connectivity index (χ1v) is 7.15. The first-order valence-electron chi connectivity index (χ1n) is 4.87. The number of nitrogens with two attached hydrogens (primary N) is 1. The molecule has 0 fully saturated rings. The number of benzene rings is 1. The van der Waals surface area contributed by atoms with E-state index in [0.29, 0.717) is 0 Å². The Morgan fingerprint density at radius 1 is 1.47 bits per heavy atom. The van der Waals surface area contributed by atoms with Gasteiger partial charge in [-0.05, 0) is 35.0 Å². The number of anilines is 2. The van der Waals surface area contributed by atoms with Crippen LogP contribution in [0.5, 0.6) is 0 Å². The molecular formula is C9H8BrFN4O3S. The lowest BCUT2D eigenvalue weighted by molar-refractivity contribution is 0.429. The number of aromatic nitrogens is 2. The predicted molar refractivity (Wildman–Crippen MR) is 68.4 cm³/mol. The topological polar surface area (TPSA) is 111 Å². The number of aryl methyl sites for hydroxylation is 1. The molecule has 1 aromatic carbocycles. The van der Waals surface area contributed by atoms with Crippen LogP contribution >= 0.6 is 15.9 Å². The van der Waals surface area contributed by atoms with Crippen molar-refractivity contribution >= 4 is 37.7 Å². The molecule has 0 atom stereocenters. The molecule has 3 N–H and O–H groups in total. The standard InChI is InChI=1S/C9H8BrFN4O3S/c1-4-13-9(18-14-4)15-19(16,17)7-3-5(12)2-6(10)8(7)11/h2-3H,12H2,1H3,(H,13,14,15). The second-order valence-corrected chi connectivity index (χ2v) is 6.07. The number of hydrogen-bond donors (Lipinski definition) is 2. The highest BCUT2D eigenvalue weighted by Gasteiger charge is 2.23. The molecule has 0 aliphatic heterocycles. The van der Waals surface area contributed by atoms with E-state index in [1.54, 1.807) is 0 Å². The first kappa shape index (κ1) is 13.7. The van der Waals surface area contributed by atoms with Crippen molar-refractivity contribution in [2.45, 2.75) is 11.8 Å². The van der Waals surface area contributed by atoms with Gasteiger partial charge in [0.15, 0.2) is 11.6 Å². The Labute approximate surface area is 116 Å². The highest BCUT2D eigenvalue weighted by atomic mass is 79.9. The van der Waals surface area contributed by atoms with E-state index in [-0.39, 0.29) is 22.0 Å². The highest BCUT2D eigenvalue weighted by Crippen LogP contribution is 2.27. The maximum atomic E-state index is 13.8. The van der Waals surface area contributed by atoms with Gasteiger partial charge in [-0.15, -0.1) is 0 Å². The molecule has 0 spiro atoms. The summed E-state index contributed by atoms with van der Waals surface area (Å²) in [5.74, 6) is -0.718. The minimum absolute atomic E-state index is 0.0606. The van der Waals surface area contributed by atoms with Crippen LogP contribution < -0.4 is 10.5 Å². The van der Waals surface area contributed by atoms with Crippen LogP contribution in [-0.4, -0.2) is 18.6 Å². The second kappa shape index (κ2) is 4.78. The van der Waals surface area contributed by atoms with Gasteiger partial charge < -0.3 is 10.3 Å². The summed E-state index contributed by atoms with van der Waals surface area (Å²) in [5, 5.41) is 3.41. The third kappa shape index (κ3) is 2.84. The van der Waals surface area contributed by atoms with Crippen molar-refractivity contribution in [3.8, 4) is 0 Å².